The average Bonchev–Trinajstić information content (AvgIpc) is 2.94. The van der Waals surface area contributed by atoms with Gasteiger partial charge in [0.05, 0.1) is 5.25 Å². The lowest BCUT2D eigenvalue weighted by Gasteiger charge is -2.14. The number of carbonyl (C=O) groups excluding carboxylic acids is 3. The molecule has 0 spiro atoms. The number of anilines is 2. The van der Waals surface area contributed by atoms with E-state index in [1.807, 2.05) is 49.4 Å². The van der Waals surface area contributed by atoms with E-state index in [0.717, 1.165) is 14.9 Å². The molecule has 0 heterocycles. The van der Waals surface area contributed by atoms with Gasteiger partial charge in [-0.3, -0.25) is 14.4 Å². The molecule has 40 heavy (non-hydrogen) atoms. The first-order valence-corrected chi connectivity index (χ1v) is 14.3. The second-order valence-electron chi connectivity index (χ2n) is 8.67. The van der Waals surface area contributed by atoms with Gasteiger partial charge in [-0.15, -0.1) is 11.8 Å². The number of hydrogen-bond acceptors (Lipinski definition) is 4. The second-order valence-corrected chi connectivity index (χ2v) is 11.4. The third-order valence-corrected chi connectivity index (χ3v) is 7.42. The first-order chi connectivity index (χ1) is 19.3. The van der Waals surface area contributed by atoms with Crippen LogP contribution < -0.4 is 16.0 Å². The van der Waals surface area contributed by atoms with E-state index in [4.69, 9.17) is 11.6 Å². The van der Waals surface area contributed by atoms with Gasteiger partial charge in [0.15, 0.2) is 0 Å². The monoisotopic (exact) mass is 633 g/mol. The van der Waals surface area contributed by atoms with Gasteiger partial charge < -0.3 is 16.0 Å². The third-order valence-electron chi connectivity index (χ3n) is 5.57. The molecule has 4 aromatic rings. The Morgan fingerprint density at radius 2 is 1.55 bits per heavy atom. The Labute approximate surface area is 250 Å². The quantitative estimate of drug-likeness (QED) is 0.131. The van der Waals surface area contributed by atoms with E-state index in [2.05, 4.69) is 31.9 Å². The van der Waals surface area contributed by atoms with Crippen LogP contribution in [0, 0.1) is 0 Å². The summed E-state index contributed by atoms with van der Waals surface area (Å²) in [5.74, 6) is -1.02. The smallest absolute Gasteiger partial charge is 0.272 e. The van der Waals surface area contributed by atoms with Gasteiger partial charge in [0, 0.05) is 31.3 Å². The number of carbonyl (C=O) groups is 3. The molecule has 3 N–H and O–H groups in total. The highest BCUT2D eigenvalue weighted by atomic mass is 79.9. The van der Waals surface area contributed by atoms with Crippen LogP contribution in [0.4, 0.5) is 11.4 Å². The van der Waals surface area contributed by atoms with Crippen molar-refractivity contribution in [2.75, 3.05) is 10.6 Å². The van der Waals surface area contributed by atoms with Gasteiger partial charge in [0.2, 0.25) is 5.91 Å². The van der Waals surface area contributed by atoms with Crippen molar-refractivity contribution in [2.24, 2.45) is 0 Å². The molecular formula is C31H25BrClN3O3S. The highest BCUT2D eigenvalue weighted by Crippen LogP contribution is 2.26. The number of halogens is 2. The van der Waals surface area contributed by atoms with Crippen molar-refractivity contribution in [1.82, 2.24) is 5.32 Å². The van der Waals surface area contributed by atoms with Gasteiger partial charge in [-0.25, -0.2) is 0 Å². The minimum absolute atomic E-state index is 0.0942. The molecule has 4 rings (SSSR count). The van der Waals surface area contributed by atoms with Crippen molar-refractivity contribution < 1.29 is 14.4 Å². The summed E-state index contributed by atoms with van der Waals surface area (Å²) in [7, 11) is 0. The van der Waals surface area contributed by atoms with Crippen LogP contribution in [-0.4, -0.2) is 23.0 Å². The van der Waals surface area contributed by atoms with Crippen molar-refractivity contribution in [2.45, 2.75) is 17.1 Å². The largest absolute Gasteiger partial charge is 0.325 e. The summed E-state index contributed by atoms with van der Waals surface area (Å²) in [6.07, 6.45) is 1.62. The molecule has 202 valence electrons. The Bertz CT molecular complexity index is 1550. The van der Waals surface area contributed by atoms with Gasteiger partial charge in [-0.05, 0) is 85.3 Å². The van der Waals surface area contributed by atoms with E-state index in [1.54, 1.807) is 66.7 Å². The van der Waals surface area contributed by atoms with Crippen molar-refractivity contribution in [3.63, 3.8) is 0 Å². The molecule has 0 saturated heterocycles. The fourth-order valence-corrected chi connectivity index (χ4v) is 5.06. The molecule has 1 unspecified atom stereocenters. The predicted molar refractivity (Wildman–Crippen MR) is 166 cm³/mol. The van der Waals surface area contributed by atoms with Crippen LogP contribution in [0.25, 0.3) is 6.08 Å². The Hall–Kier alpha value is -3.85. The van der Waals surface area contributed by atoms with E-state index in [-0.39, 0.29) is 16.9 Å². The van der Waals surface area contributed by atoms with Gasteiger partial charge >= 0.3 is 0 Å². The standard InChI is InChI=1S/C31H25BrClN3O3S/c1-20(29(37)35-26-12-6-11-24(33)19-26)40-27-15-13-25(14-16-27)34-31(39)28(18-21-7-5-10-23(32)17-21)36-30(38)22-8-3-2-4-9-22/h2-20H,1H3,(H,34,39)(H,35,37)(H,36,38)/b28-18-. The van der Waals surface area contributed by atoms with Crippen molar-refractivity contribution >= 4 is 74.5 Å². The van der Waals surface area contributed by atoms with Gasteiger partial charge in [-0.2, -0.15) is 0 Å². The normalized spacial score (nSPS) is 11.8. The second kappa shape index (κ2) is 14.0. The number of hydrogen-bond donors (Lipinski definition) is 3. The summed E-state index contributed by atoms with van der Waals surface area (Å²) in [5.41, 5.74) is 2.44. The predicted octanol–water partition coefficient (Wildman–Crippen LogP) is 7.63. The molecule has 0 saturated carbocycles. The molecule has 0 aliphatic rings. The Balaban J connectivity index is 1.43. The molecule has 0 bridgehead atoms. The summed E-state index contributed by atoms with van der Waals surface area (Å²) < 4.78 is 0.846. The number of rotatable bonds is 9. The maximum atomic E-state index is 13.2. The Morgan fingerprint density at radius 3 is 2.25 bits per heavy atom. The van der Waals surface area contributed by atoms with Gasteiger partial charge in [-0.1, -0.05) is 63.9 Å². The Morgan fingerprint density at radius 1 is 0.825 bits per heavy atom. The van der Waals surface area contributed by atoms with E-state index >= 15 is 0 Å². The number of thioether (sulfide) groups is 1. The molecule has 0 aromatic heterocycles. The molecule has 1 atom stereocenters. The topological polar surface area (TPSA) is 87.3 Å². The van der Waals surface area contributed by atoms with Gasteiger partial charge in [0.1, 0.15) is 5.70 Å². The van der Waals surface area contributed by atoms with Crippen LogP contribution in [0.3, 0.4) is 0 Å². The van der Waals surface area contributed by atoms with E-state index < -0.39 is 11.8 Å². The molecule has 0 fully saturated rings. The number of amides is 3. The lowest BCUT2D eigenvalue weighted by Crippen LogP contribution is -2.30. The van der Waals surface area contributed by atoms with Crippen LogP contribution >= 0.6 is 39.3 Å². The highest BCUT2D eigenvalue weighted by molar-refractivity contribution is 9.10. The molecule has 0 aliphatic carbocycles. The van der Waals surface area contributed by atoms with E-state index in [0.29, 0.717) is 22.0 Å². The maximum Gasteiger partial charge on any atom is 0.272 e. The van der Waals surface area contributed by atoms with Crippen molar-refractivity contribution in [1.29, 1.82) is 0 Å². The number of nitrogens with one attached hydrogen (secondary N) is 3. The fourth-order valence-electron chi connectivity index (χ4n) is 3.59. The zero-order valence-corrected chi connectivity index (χ0v) is 24.5. The first kappa shape index (κ1) is 29.1. The summed E-state index contributed by atoms with van der Waals surface area (Å²) in [4.78, 5) is 39.5. The molecular weight excluding hydrogens is 610 g/mol. The maximum absolute atomic E-state index is 13.2. The van der Waals surface area contributed by atoms with Crippen LogP contribution in [-0.2, 0) is 9.59 Å². The molecule has 4 aromatic carbocycles. The van der Waals surface area contributed by atoms with Crippen LogP contribution in [0.1, 0.15) is 22.8 Å². The minimum Gasteiger partial charge on any atom is -0.325 e. The van der Waals surface area contributed by atoms with Crippen molar-refractivity contribution in [3.8, 4) is 0 Å². The SMILES string of the molecule is CC(Sc1ccc(NC(=O)/C(=C/c2cccc(Br)c2)NC(=O)c2ccccc2)cc1)C(=O)Nc1cccc(Cl)c1. The zero-order chi connectivity index (χ0) is 28.5. The zero-order valence-electron chi connectivity index (χ0n) is 21.4. The lowest BCUT2D eigenvalue weighted by atomic mass is 10.1. The molecule has 0 aliphatic heterocycles. The molecule has 3 amide bonds. The molecule has 0 radical (unpaired) electrons. The fraction of sp³-hybridized carbons (Fsp3) is 0.0645. The van der Waals surface area contributed by atoms with Crippen molar-refractivity contribution in [3.05, 3.63) is 129 Å². The summed E-state index contributed by atoms with van der Waals surface area (Å²) >= 11 is 10.8. The average molecular weight is 635 g/mol. The van der Waals surface area contributed by atoms with Crippen LogP contribution in [0.5, 0.6) is 0 Å². The molecule has 9 heteroatoms. The molecule has 6 nitrogen and oxygen atoms in total. The summed E-state index contributed by atoms with van der Waals surface area (Å²) in [5, 5.41) is 8.61. The first-order valence-electron chi connectivity index (χ1n) is 12.2. The lowest BCUT2D eigenvalue weighted by molar-refractivity contribution is -0.115. The van der Waals surface area contributed by atoms with Crippen LogP contribution in [0.15, 0.2) is 118 Å². The minimum atomic E-state index is -0.473. The Kier molecular flexibility index (Phi) is 10.2. The third kappa shape index (κ3) is 8.58. The summed E-state index contributed by atoms with van der Waals surface area (Å²) in [6, 6.07) is 30.2. The van der Waals surface area contributed by atoms with Crippen LogP contribution in [0.2, 0.25) is 5.02 Å². The van der Waals surface area contributed by atoms with Gasteiger partial charge in [0.25, 0.3) is 11.8 Å². The summed E-state index contributed by atoms with van der Waals surface area (Å²) in [6.45, 7) is 1.81. The number of benzene rings is 4. The highest BCUT2D eigenvalue weighted by Gasteiger charge is 2.17. The van der Waals surface area contributed by atoms with E-state index in [1.165, 1.54) is 11.8 Å². The van der Waals surface area contributed by atoms with E-state index in [9.17, 15) is 14.4 Å².